The van der Waals surface area contributed by atoms with Crippen LogP contribution in [0.5, 0.6) is 0 Å². The molecule has 0 spiro atoms. The number of hydrogen-bond donors (Lipinski definition) is 1. The lowest BCUT2D eigenvalue weighted by Gasteiger charge is -2.12. The van der Waals surface area contributed by atoms with Gasteiger partial charge in [-0.3, -0.25) is 9.36 Å². The number of hydrogen-bond acceptors (Lipinski definition) is 5. The highest BCUT2D eigenvalue weighted by Crippen LogP contribution is 2.29. The molecule has 1 saturated carbocycles. The molecule has 2 heterocycles. The fourth-order valence-electron chi connectivity index (χ4n) is 2.24. The van der Waals surface area contributed by atoms with Gasteiger partial charge in [-0.25, -0.2) is 0 Å². The molecule has 1 atom stereocenters. The third-order valence-electron chi connectivity index (χ3n) is 3.70. The fraction of sp³-hybridized carbons (Fsp3) is 0.438. The maximum Gasteiger partial charge on any atom is 0.233 e. The largest absolute Gasteiger partial charge is 0.469 e. The van der Waals surface area contributed by atoms with Crippen LogP contribution >= 0.6 is 11.8 Å². The zero-order chi connectivity index (χ0) is 16.4. The molecule has 1 aliphatic carbocycles. The van der Waals surface area contributed by atoms with Gasteiger partial charge in [0.25, 0.3) is 0 Å². The van der Waals surface area contributed by atoms with Gasteiger partial charge in [-0.1, -0.05) is 17.8 Å². The Kier molecular flexibility index (Phi) is 4.56. The zero-order valence-corrected chi connectivity index (χ0v) is 14.1. The van der Waals surface area contributed by atoms with Crippen LogP contribution in [0.25, 0.3) is 11.4 Å². The molecule has 0 radical (unpaired) electrons. The van der Waals surface area contributed by atoms with Gasteiger partial charge in [0.1, 0.15) is 5.76 Å². The highest BCUT2D eigenvalue weighted by Gasteiger charge is 2.27. The summed E-state index contributed by atoms with van der Waals surface area (Å²) in [5, 5.41) is 12.0. The summed E-state index contributed by atoms with van der Waals surface area (Å²) in [6.45, 7) is 8.15. The number of thioether (sulfide) groups is 1. The molecule has 1 fully saturated rings. The third-order valence-corrected chi connectivity index (χ3v) is 4.78. The van der Waals surface area contributed by atoms with Gasteiger partial charge in [-0.2, -0.15) is 0 Å². The summed E-state index contributed by atoms with van der Waals surface area (Å²) in [5.41, 5.74) is 0.904. The minimum absolute atomic E-state index is 0.0479. The lowest BCUT2D eigenvalue weighted by atomic mass is 10.2. The van der Waals surface area contributed by atoms with Gasteiger partial charge in [-0.15, -0.1) is 16.8 Å². The number of furan rings is 1. The lowest BCUT2D eigenvalue weighted by Crippen LogP contribution is -2.32. The normalized spacial score (nSPS) is 15.4. The predicted molar refractivity (Wildman–Crippen MR) is 89.1 cm³/mol. The van der Waals surface area contributed by atoms with Crippen LogP contribution in [0.1, 0.15) is 25.5 Å². The summed E-state index contributed by atoms with van der Waals surface area (Å²) >= 11 is 1.41. The van der Waals surface area contributed by atoms with E-state index in [1.165, 1.54) is 11.8 Å². The zero-order valence-electron chi connectivity index (χ0n) is 13.3. The predicted octanol–water partition coefficient (Wildman–Crippen LogP) is 2.79. The van der Waals surface area contributed by atoms with E-state index in [-0.39, 0.29) is 11.2 Å². The van der Waals surface area contributed by atoms with Crippen LogP contribution < -0.4 is 5.32 Å². The van der Waals surface area contributed by atoms with Gasteiger partial charge < -0.3 is 9.73 Å². The van der Waals surface area contributed by atoms with E-state index >= 15 is 0 Å². The second-order valence-corrected chi connectivity index (χ2v) is 6.95. The number of carbonyl (C=O) groups excluding carboxylic acids is 1. The molecule has 0 saturated heterocycles. The van der Waals surface area contributed by atoms with E-state index in [4.69, 9.17) is 4.42 Å². The molecule has 0 bridgehead atoms. The summed E-state index contributed by atoms with van der Waals surface area (Å²) in [4.78, 5) is 12.1. The van der Waals surface area contributed by atoms with E-state index < -0.39 is 0 Å². The van der Waals surface area contributed by atoms with Crippen molar-refractivity contribution in [3.05, 3.63) is 30.7 Å². The molecule has 1 aliphatic rings. The molecule has 6 nitrogen and oxygen atoms in total. The van der Waals surface area contributed by atoms with E-state index in [0.717, 1.165) is 30.0 Å². The maximum atomic E-state index is 12.1. The van der Waals surface area contributed by atoms with Gasteiger partial charge in [0.2, 0.25) is 5.91 Å². The molecule has 2 aromatic rings. The highest BCUT2D eigenvalue weighted by molar-refractivity contribution is 8.00. The molecule has 1 amide bonds. The van der Waals surface area contributed by atoms with Crippen LogP contribution in [0, 0.1) is 6.92 Å². The maximum absolute atomic E-state index is 12.1. The average Bonchev–Trinajstić information content (AvgIpc) is 3.11. The summed E-state index contributed by atoms with van der Waals surface area (Å²) < 4.78 is 7.31. The summed E-state index contributed by atoms with van der Waals surface area (Å²) in [5.74, 6) is 1.57. The fourth-order valence-corrected chi connectivity index (χ4v) is 3.11. The number of rotatable bonds is 7. The number of aromatic nitrogens is 3. The monoisotopic (exact) mass is 332 g/mol. The molecule has 0 aliphatic heterocycles. The molecule has 2 aromatic heterocycles. The van der Waals surface area contributed by atoms with Crippen molar-refractivity contribution < 1.29 is 9.21 Å². The van der Waals surface area contributed by atoms with Gasteiger partial charge >= 0.3 is 0 Å². The summed E-state index contributed by atoms with van der Waals surface area (Å²) in [7, 11) is 0. The van der Waals surface area contributed by atoms with Crippen molar-refractivity contribution in [1.29, 1.82) is 0 Å². The van der Waals surface area contributed by atoms with Crippen molar-refractivity contribution in [2.24, 2.45) is 0 Å². The van der Waals surface area contributed by atoms with Gasteiger partial charge in [0.05, 0.1) is 17.1 Å². The Morgan fingerprint density at radius 1 is 1.61 bits per heavy atom. The number of allylic oxidation sites excluding steroid dienone is 1. The van der Waals surface area contributed by atoms with E-state index in [9.17, 15) is 4.79 Å². The van der Waals surface area contributed by atoms with Crippen LogP contribution in [0.15, 0.2) is 34.6 Å². The summed E-state index contributed by atoms with van der Waals surface area (Å²) in [6, 6.07) is 2.23. The molecule has 122 valence electrons. The lowest BCUT2D eigenvalue weighted by molar-refractivity contribution is -0.120. The molecular weight excluding hydrogens is 312 g/mol. The van der Waals surface area contributed by atoms with Crippen LogP contribution in [0.2, 0.25) is 0 Å². The molecule has 1 N–H and O–H groups in total. The Morgan fingerprint density at radius 3 is 3.00 bits per heavy atom. The first kappa shape index (κ1) is 15.9. The van der Waals surface area contributed by atoms with E-state index in [0.29, 0.717) is 17.7 Å². The SMILES string of the molecule is C=CCn1c(S[C@@H](C)C(=O)NC2CC2)nnc1-c1ccoc1C. The number of aryl methyl sites for hydroxylation is 1. The number of amides is 1. The van der Waals surface area contributed by atoms with E-state index in [1.807, 2.05) is 24.5 Å². The van der Waals surface area contributed by atoms with Crippen LogP contribution in [0.4, 0.5) is 0 Å². The van der Waals surface area contributed by atoms with Crippen molar-refractivity contribution >= 4 is 17.7 Å². The minimum atomic E-state index is -0.221. The van der Waals surface area contributed by atoms with Crippen molar-refractivity contribution in [2.45, 2.75) is 49.7 Å². The van der Waals surface area contributed by atoms with Gasteiger partial charge in [0.15, 0.2) is 11.0 Å². The Balaban J connectivity index is 1.81. The second kappa shape index (κ2) is 6.62. The van der Waals surface area contributed by atoms with Crippen molar-refractivity contribution in [1.82, 2.24) is 20.1 Å². The minimum Gasteiger partial charge on any atom is -0.469 e. The van der Waals surface area contributed by atoms with E-state index in [2.05, 4.69) is 22.1 Å². The average molecular weight is 332 g/mol. The first-order chi connectivity index (χ1) is 11.1. The van der Waals surface area contributed by atoms with Crippen LogP contribution in [-0.2, 0) is 11.3 Å². The molecule has 7 heteroatoms. The quantitative estimate of drug-likeness (QED) is 0.623. The number of carbonyl (C=O) groups is 1. The molecule has 0 unspecified atom stereocenters. The van der Waals surface area contributed by atoms with Crippen LogP contribution in [-0.4, -0.2) is 32.0 Å². The molecular formula is C16H20N4O2S. The molecule has 23 heavy (non-hydrogen) atoms. The topological polar surface area (TPSA) is 73.0 Å². The third kappa shape index (κ3) is 3.50. The Bertz CT molecular complexity index is 717. The highest BCUT2D eigenvalue weighted by atomic mass is 32.2. The Hall–Kier alpha value is -2.02. The molecule has 3 rings (SSSR count). The Labute approximate surface area is 139 Å². The number of nitrogens with zero attached hydrogens (tertiary/aromatic N) is 3. The summed E-state index contributed by atoms with van der Waals surface area (Å²) in [6.07, 6.45) is 5.59. The van der Waals surface area contributed by atoms with Gasteiger partial charge in [-0.05, 0) is 32.8 Å². The standard InChI is InChI=1S/C16H20N4O2S/c1-4-8-20-14(13-7-9-22-10(13)2)18-19-16(20)23-11(3)15(21)17-12-5-6-12/h4,7,9,11-12H,1,5-6,8H2,2-3H3,(H,17,21)/t11-/m0/s1. The van der Waals surface area contributed by atoms with E-state index in [1.54, 1.807) is 12.3 Å². The van der Waals surface area contributed by atoms with Crippen LogP contribution in [0.3, 0.4) is 0 Å². The van der Waals surface area contributed by atoms with Crippen molar-refractivity contribution in [2.75, 3.05) is 0 Å². The second-order valence-electron chi connectivity index (χ2n) is 5.64. The van der Waals surface area contributed by atoms with Crippen molar-refractivity contribution in [3.63, 3.8) is 0 Å². The number of nitrogens with one attached hydrogen (secondary N) is 1. The Morgan fingerprint density at radius 2 is 2.39 bits per heavy atom. The van der Waals surface area contributed by atoms with Gasteiger partial charge in [0, 0.05) is 12.6 Å². The smallest absolute Gasteiger partial charge is 0.233 e. The van der Waals surface area contributed by atoms with Crippen molar-refractivity contribution in [3.8, 4) is 11.4 Å². The first-order valence-corrected chi connectivity index (χ1v) is 8.53. The first-order valence-electron chi connectivity index (χ1n) is 7.65. The molecule has 0 aromatic carbocycles.